The first-order valence-electron chi connectivity index (χ1n) is 9.49. The van der Waals surface area contributed by atoms with Crippen molar-refractivity contribution >= 4 is 11.5 Å². The Morgan fingerprint density at radius 2 is 1.74 bits per heavy atom. The van der Waals surface area contributed by atoms with Crippen LogP contribution in [0.15, 0.2) is 42.5 Å². The average molecular weight is 367 g/mol. The highest BCUT2D eigenvalue weighted by atomic mass is 16.5. The average Bonchev–Trinajstić information content (AvgIpc) is 3.02. The second-order valence-electron chi connectivity index (χ2n) is 7.33. The van der Waals surface area contributed by atoms with E-state index < -0.39 is 5.72 Å². The lowest BCUT2D eigenvalue weighted by atomic mass is 10.0. The van der Waals surface area contributed by atoms with Gasteiger partial charge in [0.25, 0.3) is 11.6 Å². The van der Waals surface area contributed by atoms with Crippen molar-refractivity contribution in [2.45, 2.75) is 31.9 Å². The van der Waals surface area contributed by atoms with E-state index in [2.05, 4.69) is 40.7 Å². The zero-order chi connectivity index (χ0) is 19.0. The number of benzene rings is 2. The van der Waals surface area contributed by atoms with Crippen molar-refractivity contribution in [3.05, 3.63) is 53.6 Å². The second-order valence-corrected chi connectivity index (χ2v) is 7.33. The number of hydrogen-bond donors (Lipinski definition) is 1. The molecule has 1 N–H and O–H groups in total. The molecule has 1 atom stereocenters. The van der Waals surface area contributed by atoms with Gasteiger partial charge in [-0.25, -0.2) is 9.48 Å². The Morgan fingerprint density at radius 3 is 2.44 bits per heavy atom. The van der Waals surface area contributed by atoms with Gasteiger partial charge in [0.15, 0.2) is 18.0 Å². The fourth-order valence-electron chi connectivity index (χ4n) is 4.19. The number of aliphatic hydroxyl groups is 1. The molecule has 5 heteroatoms. The molecule has 0 unspecified atom stereocenters. The molecule has 0 fully saturated rings. The molecule has 27 heavy (non-hydrogen) atoms. The van der Waals surface area contributed by atoms with Crippen molar-refractivity contribution in [1.82, 2.24) is 0 Å². The molecule has 2 aromatic carbocycles. The lowest BCUT2D eigenvalue weighted by Gasteiger charge is -2.25. The number of hydrogen-bond acceptors (Lipinski definition) is 4. The van der Waals surface area contributed by atoms with Gasteiger partial charge in [0.05, 0.1) is 20.8 Å². The standard InChI is InChI=1S/C22H27N2O3/c1-16-7-10-18(11-8-16)23-15-22(25,24-13-5-4-6-21(23)24)17-9-12-19(26-2)20(14-17)27-3/h7-12,14,25H,4-6,13,15H2,1-3H3/q+1/t22-/m1/s1. The Bertz CT molecular complexity index is 876. The summed E-state index contributed by atoms with van der Waals surface area (Å²) in [6, 6.07) is 14.2. The topological polar surface area (TPSA) is 44.9 Å². The molecule has 0 bridgehead atoms. The molecule has 5 nitrogen and oxygen atoms in total. The Morgan fingerprint density at radius 1 is 1.00 bits per heavy atom. The number of aryl methyl sites for hydroxylation is 1. The highest BCUT2D eigenvalue weighted by molar-refractivity contribution is 5.96. The summed E-state index contributed by atoms with van der Waals surface area (Å²) < 4.78 is 13.0. The molecule has 142 valence electrons. The van der Waals surface area contributed by atoms with Gasteiger partial charge in [0, 0.05) is 12.0 Å². The molecule has 2 aliphatic heterocycles. The van der Waals surface area contributed by atoms with E-state index in [1.807, 2.05) is 18.2 Å². The summed E-state index contributed by atoms with van der Waals surface area (Å²) in [5, 5.41) is 11.8. The van der Waals surface area contributed by atoms with Crippen LogP contribution < -0.4 is 14.4 Å². The van der Waals surface area contributed by atoms with Gasteiger partial charge < -0.3 is 14.6 Å². The van der Waals surface area contributed by atoms with Gasteiger partial charge in [-0.2, -0.15) is 0 Å². The number of nitrogens with zero attached hydrogens (tertiary/aromatic N) is 2. The first kappa shape index (κ1) is 17.9. The Hall–Kier alpha value is -2.53. The third-order valence-corrected chi connectivity index (χ3v) is 5.67. The summed E-state index contributed by atoms with van der Waals surface area (Å²) in [6.07, 6.45) is 3.21. The van der Waals surface area contributed by atoms with Crippen LogP contribution in [0.2, 0.25) is 0 Å². The lowest BCUT2D eigenvalue weighted by Crippen LogP contribution is -2.41. The summed E-state index contributed by atoms with van der Waals surface area (Å²) >= 11 is 0. The molecular formula is C22H27N2O3+. The van der Waals surface area contributed by atoms with E-state index in [0.29, 0.717) is 18.0 Å². The molecule has 0 saturated heterocycles. The van der Waals surface area contributed by atoms with Gasteiger partial charge in [0.1, 0.15) is 5.69 Å². The van der Waals surface area contributed by atoms with Crippen molar-refractivity contribution in [2.75, 3.05) is 32.2 Å². The fourth-order valence-corrected chi connectivity index (χ4v) is 4.19. The van der Waals surface area contributed by atoms with E-state index in [1.165, 1.54) is 11.4 Å². The van der Waals surface area contributed by atoms with Crippen LogP contribution in [-0.4, -0.2) is 42.8 Å². The van der Waals surface area contributed by atoms with Gasteiger partial charge in [-0.3, -0.25) is 0 Å². The lowest BCUT2D eigenvalue weighted by molar-refractivity contribution is -0.661. The summed E-state index contributed by atoms with van der Waals surface area (Å²) in [7, 11) is 3.24. The van der Waals surface area contributed by atoms with Crippen molar-refractivity contribution in [3.63, 3.8) is 0 Å². The maximum absolute atomic E-state index is 11.8. The maximum Gasteiger partial charge on any atom is 0.271 e. The van der Waals surface area contributed by atoms with Gasteiger partial charge >= 0.3 is 0 Å². The number of rotatable bonds is 4. The monoisotopic (exact) mass is 367 g/mol. The first-order chi connectivity index (χ1) is 13.1. The smallest absolute Gasteiger partial charge is 0.271 e. The molecule has 2 aliphatic rings. The number of ether oxygens (including phenoxy) is 2. The summed E-state index contributed by atoms with van der Waals surface area (Å²) in [4.78, 5) is 2.26. The summed E-state index contributed by atoms with van der Waals surface area (Å²) in [6.45, 7) is 3.44. The molecule has 0 spiro atoms. The number of methoxy groups -OCH3 is 2. The molecular weight excluding hydrogens is 340 g/mol. The predicted molar refractivity (Wildman–Crippen MR) is 106 cm³/mol. The van der Waals surface area contributed by atoms with Crippen LogP contribution in [0.25, 0.3) is 0 Å². The van der Waals surface area contributed by atoms with Gasteiger partial charge in [-0.1, -0.05) is 17.7 Å². The minimum absolute atomic E-state index is 0.501. The Balaban J connectivity index is 1.78. The van der Waals surface area contributed by atoms with Crippen LogP contribution in [0.5, 0.6) is 11.5 Å². The fraction of sp³-hybridized carbons (Fsp3) is 0.409. The molecule has 0 radical (unpaired) electrons. The van der Waals surface area contributed by atoms with Crippen molar-refractivity contribution in [3.8, 4) is 11.5 Å². The molecule has 4 rings (SSSR count). The van der Waals surface area contributed by atoms with Crippen LogP contribution in [0.3, 0.4) is 0 Å². The third kappa shape index (κ3) is 2.96. The minimum Gasteiger partial charge on any atom is -0.493 e. The molecule has 0 saturated carbocycles. The van der Waals surface area contributed by atoms with E-state index in [-0.39, 0.29) is 0 Å². The normalized spacial score (nSPS) is 22.0. The highest BCUT2D eigenvalue weighted by Gasteiger charge is 2.52. The molecule has 0 aliphatic carbocycles. The Kier molecular flexibility index (Phi) is 4.56. The van der Waals surface area contributed by atoms with Crippen molar-refractivity contribution < 1.29 is 19.2 Å². The minimum atomic E-state index is -1.08. The summed E-state index contributed by atoms with van der Waals surface area (Å²) in [5.74, 6) is 2.50. The molecule has 0 aromatic heterocycles. The van der Waals surface area contributed by atoms with E-state index in [9.17, 15) is 5.11 Å². The SMILES string of the molecule is COc1ccc([C@]2(O)CN(c3ccc(C)cc3)C3=[N+]2CCCC3)cc1OC. The van der Waals surface area contributed by atoms with Crippen LogP contribution in [0.4, 0.5) is 5.69 Å². The summed E-state index contributed by atoms with van der Waals surface area (Å²) in [5.41, 5.74) is 2.10. The molecule has 2 aromatic rings. The van der Waals surface area contributed by atoms with Crippen molar-refractivity contribution in [2.24, 2.45) is 0 Å². The quantitative estimate of drug-likeness (QED) is 0.843. The first-order valence-corrected chi connectivity index (χ1v) is 9.49. The van der Waals surface area contributed by atoms with E-state index >= 15 is 0 Å². The van der Waals surface area contributed by atoms with Crippen LogP contribution in [0, 0.1) is 6.92 Å². The maximum atomic E-state index is 11.8. The molecule has 0 amide bonds. The van der Waals surface area contributed by atoms with Crippen molar-refractivity contribution in [1.29, 1.82) is 0 Å². The van der Waals surface area contributed by atoms with E-state index in [0.717, 1.165) is 37.1 Å². The second kappa shape index (κ2) is 6.89. The largest absolute Gasteiger partial charge is 0.493 e. The van der Waals surface area contributed by atoms with Gasteiger partial charge in [-0.15, -0.1) is 0 Å². The number of amidine groups is 1. The zero-order valence-corrected chi connectivity index (χ0v) is 16.2. The van der Waals surface area contributed by atoms with Crippen LogP contribution in [-0.2, 0) is 5.72 Å². The van der Waals surface area contributed by atoms with Crippen LogP contribution >= 0.6 is 0 Å². The van der Waals surface area contributed by atoms with E-state index in [4.69, 9.17) is 9.47 Å². The Labute approximate surface area is 160 Å². The zero-order valence-electron chi connectivity index (χ0n) is 16.2. The van der Waals surface area contributed by atoms with Crippen LogP contribution in [0.1, 0.15) is 30.4 Å². The molecule has 2 heterocycles. The number of anilines is 1. The van der Waals surface area contributed by atoms with E-state index in [1.54, 1.807) is 14.2 Å². The van der Waals surface area contributed by atoms with Gasteiger partial charge in [0.2, 0.25) is 0 Å². The predicted octanol–water partition coefficient (Wildman–Crippen LogP) is 3.27. The highest BCUT2D eigenvalue weighted by Crippen LogP contribution is 2.38. The van der Waals surface area contributed by atoms with Gasteiger partial charge in [-0.05, 0) is 50.1 Å². The third-order valence-electron chi connectivity index (χ3n) is 5.67. The number of β-amino-alcohol motifs (C(OH)–C–C–N with tert-alkyl or cyclic N) is 1.